The number of carbonyl (C=O) groups is 1. The predicted molar refractivity (Wildman–Crippen MR) is 104 cm³/mol. The summed E-state index contributed by atoms with van der Waals surface area (Å²) in [5.74, 6) is 0.0898. The van der Waals surface area contributed by atoms with Crippen molar-refractivity contribution in [3.8, 4) is 0 Å². The molecule has 26 heavy (non-hydrogen) atoms. The maximum absolute atomic E-state index is 12.9. The normalized spacial score (nSPS) is 12.1. The number of hydrogen-bond acceptors (Lipinski definition) is 6. The summed E-state index contributed by atoms with van der Waals surface area (Å²) in [4.78, 5) is 15.9. The lowest BCUT2D eigenvalue weighted by molar-refractivity contribution is -0.130. The summed E-state index contributed by atoms with van der Waals surface area (Å²) >= 11 is 3.07. The molecule has 0 saturated heterocycles. The number of thiophene rings is 1. The van der Waals surface area contributed by atoms with Crippen LogP contribution in [0, 0.1) is 0 Å². The van der Waals surface area contributed by atoms with E-state index in [0.717, 1.165) is 5.56 Å². The van der Waals surface area contributed by atoms with Gasteiger partial charge in [0.25, 0.3) is 0 Å². The number of benzene rings is 1. The summed E-state index contributed by atoms with van der Waals surface area (Å²) in [6.07, 6.45) is 0. The molecule has 3 rings (SSSR count). The largest absolute Gasteiger partial charge is 0.338 e. The Morgan fingerprint density at radius 3 is 2.77 bits per heavy atom. The smallest absolute Gasteiger partial charge is 0.236 e. The SMILES string of the molecule is CCN(Cc1ccccc1)C(=O)C(C)Sc1nnnn1Cc1cccs1. The highest BCUT2D eigenvalue weighted by molar-refractivity contribution is 8.00. The Morgan fingerprint density at radius 1 is 1.27 bits per heavy atom. The average molecular weight is 388 g/mol. The van der Waals surface area contributed by atoms with Gasteiger partial charge in [0.2, 0.25) is 11.1 Å². The molecule has 6 nitrogen and oxygen atoms in total. The van der Waals surface area contributed by atoms with Gasteiger partial charge in [0, 0.05) is 18.0 Å². The van der Waals surface area contributed by atoms with Crippen LogP contribution in [-0.2, 0) is 17.9 Å². The minimum absolute atomic E-state index is 0.0898. The van der Waals surface area contributed by atoms with Crippen LogP contribution in [0.1, 0.15) is 24.3 Å². The summed E-state index contributed by atoms with van der Waals surface area (Å²) in [7, 11) is 0. The first-order valence-electron chi connectivity index (χ1n) is 8.45. The van der Waals surface area contributed by atoms with E-state index >= 15 is 0 Å². The molecule has 0 saturated carbocycles. The number of amides is 1. The molecule has 0 bridgehead atoms. The second-order valence-electron chi connectivity index (χ2n) is 5.80. The van der Waals surface area contributed by atoms with Crippen molar-refractivity contribution in [2.45, 2.75) is 37.3 Å². The lowest BCUT2D eigenvalue weighted by Crippen LogP contribution is -2.36. The first kappa shape index (κ1) is 18.6. The van der Waals surface area contributed by atoms with Crippen LogP contribution in [0.4, 0.5) is 0 Å². The van der Waals surface area contributed by atoms with E-state index < -0.39 is 0 Å². The van der Waals surface area contributed by atoms with Crippen LogP contribution in [0.2, 0.25) is 0 Å². The Kier molecular flexibility index (Phi) is 6.40. The van der Waals surface area contributed by atoms with Crippen molar-refractivity contribution < 1.29 is 4.79 Å². The Hall–Kier alpha value is -2.19. The second kappa shape index (κ2) is 8.95. The number of aromatic nitrogens is 4. The van der Waals surface area contributed by atoms with Gasteiger partial charge < -0.3 is 4.90 Å². The first-order chi connectivity index (χ1) is 12.7. The molecule has 0 aliphatic heterocycles. The van der Waals surface area contributed by atoms with Crippen molar-refractivity contribution in [2.75, 3.05) is 6.54 Å². The van der Waals surface area contributed by atoms with Crippen LogP contribution in [-0.4, -0.2) is 42.8 Å². The quantitative estimate of drug-likeness (QED) is 0.555. The van der Waals surface area contributed by atoms with Gasteiger partial charge >= 0.3 is 0 Å². The van der Waals surface area contributed by atoms with E-state index in [1.165, 1.54) is 16.6 Å². The van der Waals surface area contributed by atoms with Crippen molar-refractivity contribution in [2.24, 2.45) is 0 Å². The van der Waals surface area contributed by atoms with Crippen molar-refractivity contribution in [3.05, 3.63) is 58.3 Å². The molecule has 2 aromatic heterocycles. The minimum Gasteiger partial charge on any atom is -0.338 e. The number of nitrogens with zero attached hydrogens (tertiary/aromatic N) is 5. The zero-order valence-electron chi connectivity index (χ0n) is 14.8. The maximum Gasteiger partial charge on any atom is 0.236 e. The molecule has 0 aliphatic carbocycles. The van der Waals surface area contributed by atoms with Crippen LogP contribution < -0.4 is 0 Å². The molecule has 1 aromatic carbocycles. The van der Waals surface area contributed by atoms with Gasteiger partial charge in [-0.05, 0) is 41.3 Å². The van der Waals surface area contributed by atoms with Gasteiger partial charge in [-0.25, -0.2) is 4.68 Å². The van der Waals surface area contributed by atoms with E-state index in [9.17, 15) is 4.79 Å². The molecule has 0 fully saturated rings. The van der Waals surface area contributed by atoms with Gasteiger partial charge in [0.1, 0.15) is 0 Å². The maximum atomic E-state index is 12.9. The van der Waals surface area contributed by atoms with E-state index in [2.05, 4.69) is 15.5 Å². The van der Waals surface area contributed by atoms with E-state index in [0.29, 0.717) is 24.8 Å². The van der Waals surface area contributed by atoms with Crippen LogP contribution in [0.5, 0.6) is 0 Å². The molecule has 1 atom stereocenters. The Bertz CT molecular complexity index is 819. The average Bonchev–Trinajstić information content (AvgIpc) is 3.33. The molecular formula is C18H21N5OS2. The molecule has 8 heteroatoms. The highest BCUT2D eigenvalue weighted by atomic mass is 32.2. The minimum atomic E-state index is -0.258. The van der Waals surface area contributed by atoms with Gasteiger partial charge in [-0.2, -0.15) is 0 Å². The number of hydrogen-bond donors (Lipinski definition) is 0. The third-order valence-electron chi connectivity index (χ3n) is 3.92. The first-order valence-corrected chi connectivity index (χ1v) is 10.2. The molecule has 0 radical (unpaired) electrons. The number of thioether (sulfide) groups is 1. The van der Waals surface area contributed by atoms with Crippen molar-refractivity contribution in [1.82, 2.24) is 25.1 Å². The van der Waals surface area contributed by atoms with Gasteiger partial charge in [0.05, 0.1) is 11.8 Å². The second-order valence-corrected chi connectivity index (χ2v) is 8.14. The topological polar surface area (TPSA) is 63.9 Å². The Labute approximate surface area is 161 Å². The van der Waals surface area contributed by atoms with Crippen molar-refractivity contribution >= 4 is 29.0 Å². The van der Waals surface area contributed by atoms with Gasteiger partial charge in [0.15, 0.2) is 0 Å². The molecule has 0 aliphatic rings. The summed E-state index contributed by atoms with van der Waals surface area (Å²) in [6, 6.07) is 14.1. The molecular weight excluding hydrogens is 366 g/mol. The molecule has 3 aromatic rings. The van der Waals surface area contributed by atoms with Crippen LogP contribution in [0.25, 0.3) is 0 Å². The monoisotopic (exact) mass is 387 g/mol. The molecule has 1 amide bonds. The van der Waals surface area contributed by atoms with Crippen LogP contribution in [0.3, 0.4) is 0 Å². The summed E-state index contributed by atoms with van der Waals surface area (Å²) in [5.41, 5.74) is 1.13. The molecule has 136 valence electrons. The zero-order valence-corrected chi connectivity index (χ0v) is 16.4. The van der Waals surface area contributed by atoms with Crippen LogP contribution in [0.15, 0.2) is 53.0 Å². The molecule has 2 heterocycles. The lowest BCUT2D eigenvalue weighted by atomic mass is 10.2. The van der Waals surface area contributed by atoms with E-state index in [-0.39, 0.29) is 11.2 Å². The fourth-order valence-corrected chi connectivity index (χ4v) is 4.10. The standard InChI is InChI=1S/C18H21N5OS2/c1-3-22(12-15-8-5-4-6-9-15)17(24)14(2)26-18-19-20-21-23(18)13-16-10-7-11-25-16/h4-11,14H,3,12-13H2,1-2H3. The summed E-state index contributed by atoms with van der Waals surface area (Å²) in [5, 5.41) is 14.3. The highest BCUT2D eigenvalue weighted by Gasteiger charge is 2.23. The Balaban J connectivity index is 1.64. The van der Waals surface area contributed by atoms with E-state index in [1.807, 2.05) is 66.6 Å². The van der Waals surface area contributed by atoms with E-state index in [4.69, 9.17) is 0 Å². The molecule has 1 unspecified atom stereocenters. The summed E-state index contributed by atoms with van der Waals surface area (Å²) in [6.45, 7) is 5.80. The van der Waals surface area contributed by atoms with Gasteiger partial charge in [-0.15, -0.1) is 16.4 Å². The Morgan fingerprint density at radius 2 is 2.08 bits per heavy atom. The zero-order chi connectivity index (χ0) is 18.4. The fourth-order valence-electron chi connectivity index (χ4n) is 2.55. The van der Waals surface area contributed by atoms with Crippen molar-refractivity contribution in [1.29, 1.82) is 0 Å². The third-order valence-corrected chi connectivity index (χ3v) is 5.84. The number of rotatable bonds is 8. The number of carbonyl (C=O) groups excluding carboxylic acids is 1. The fraction of sp³-hybridized carbons (Fsp3) is 0.333. The van der Waals surface area contributed by atoms with Crippen LogP contribution >= 0.6 is 23.1 Å². The highest BCUT2D eigenvalue weighted by Crippen LogP contribution is 2.23. The number of tetrazole rings is 1. The lowest BCUT2D eigenvalue weighted by Gasteiger charge is -2.24. The predicted octanol–water partition coefficient (Wildman–Crippen LogP) is 3.31. The molecule has 0 spiro atoms. The molecule has 0 N–H and O–H groups in total. The van der Waals surface area contributed by atoms with Gasteiger partial charge in [-0.1, -0.05) is 48.2 Å². The van der Waals surface area contributed by atoms with Crippen molar-refractivity contribution in [3.63, 3.8) is 0 Å². The summed E-state index contributed by atoms with van der Waals surface area (Å²) < 4.78 is 1.74. The van der Waals surface area contributed by atoms with Gasteiger partial charge in [-0.3, -0.25) is 4.79 Å². The third kappa shape index (κ3) is 4.70. The van der Waals surface area contributed by atoms with E-state index in [1.54, 1.807) is 16.0 Å².